The van der Waals surface area contributed by atoms with Crippen LogP contribution in [0.2, 0.25) is 0 Å². The molecule has 0 aliphatic carbocycles. The Morgan fingerprint density at radius 2 is 1.90 bits per heavy atom. The molecule has 0 aliphatic rings. The summed E-state index contributed by atoms with van der Waals surface area (Å²) in [5.41, 5.74) is 2.61. The summed E-state index contributed by atoms with van der Waals surface area (Å²) in [6, 6.07) is 5.41. The molecule has 104 valence electrons. The lowest BCUT2D eigenvalue weighted by atomic mass is 10.3. The highest BCUT2D eigenvalue weighted by Crippen LogP contribution is 2.17. The van der Waals surface area contributed by atoms with Gasteiger partial charge in [-0.3, -0.25) is 25.3 Å². The Kier molecular flexibility index (Phi) is 3.37. The number of hydrazine groups is 1. The van der Waals surface area contributed by atoms with Gasteiger partial charge in [0.25, 0.3) is 11.2 Å². The first-order chi connectivity index (χ1) is 9.47. The molecule has 0 fully saturated rings. The number of rotatable bonds is 4. The van der Waals surface area contributed by atoms with E-state index in [9.17, 15) is 24.8 Å². The van der Waals surface area contributed by atoms with E-state index in [1.165, 1.54) is 24.3 Å². The lowest BCUT2D eigenvalue weighted by molar-refractivity contribution is -0.384. The highest BCUT2D eigenvalue weighted by Gasteiger charge is 2.06. The molecule has 10 nitrogen and oxygen atoms in total. The van der Waals surface area contributed by atoms with Gasteiger partial charge in [-0.2, -0.15) is 0 Å². The number of nitrogens with one attached hydrogen (secondary N) is 4. The molecule has 1 aromatic carbocycles. The van der Waals surface area contributed by atoms with Crippen LogP contribution in [0.1, 0.15) is 0 Å². The lowest BCUT2D eigenvalue weighted by Crippen LogP contribution is -2.28. The highest BCUT2D eigenvalue weighted by molar-refractivity contribution is 5.57. The Morgan fingerprint density at radius 3 is 2.55 bits per heavy atom. The minimum absolute atomic E-state index is 0.158. The predicted octanol–water partition coefficient (Wildman–Crippen LogP) is -0.516. The zero-order valence-electron chi connectivity index (χ0n) is 9.80. The molecule has 0 atom stereocenters. The average molecular weight is 278 g/mol. The minimum Gasteiger partial charge on any atom is -0.858 e. The second kappa shape index (κ2) is 5.14. The number of aromatic amines is 2. The van der Waals surface area contributed by atoms with Crippen LogP contribution in [0.3, 0.4) is 0 Å². The molecule has 1 aromatic heterocycles. The van der Waals surface area contributed by atoms with E-state index in [4.69, 9.17) is 0 Å². The van der Waals surface area contributed by atoms with Gasteiger partial charge < -0.3 is 15.5 Å². The first kappa shape index (κ1) is 13.1. The number of nitro groups is 1. The number of H-pyrrole nitrogens is 2. The topological polar surface area (TPSA) is 156 Å². The molecule has 0 saturated heterocycles. The summed E-state index contributed by atoms with van der Waals surface area (Å²) in [6.45, 7) is 0. The van der Waals surface area contributed by atoms with E-state index in [1.54, 1.807) is 0 Å². The maximum absolute atomic E-state index is 11.4. The number of benzene rings is 1. The van der Waals surface area contributed by atoms with Gasteiger partial charge in [-0.1, -0.05) is 6.07 Å². The second-order valence-electron chi connectivity index (χ2n) is 3.67. The molecule has 0 amide bonds. The monoisotopic (exact) mass is 278 g/mol. The van der Waals surface area contributed by atoms with E-state index in [0.29, 0.717) is 0 Å². The summed E-state index contributed by atoms with van der Waals surface area (Å²) < 4.78 is 0. The molecule has 0 aliphatic heterocycles. The van der Waals surface area contributed by atoms with Crippen molar-refractivity contribution in [2.24, 2.45) is 0 Å². The summed E-state index contributed by atoms with van der Waals surface area (Å²) in [5, 5.41) is 22.0. The van der Waals surface area contributed by atoms with Gasteiger partial charge in [0.2, 0.25) is 0 Å². The third kappa shape index (κ3) is 2.75. The number of hydrogen-bond acceptors (Lipinski definition) is 7. The van der Waals surface area contributed by atoms with Crippen molar-refractivity contribution in [3.63, 3.8) is 0 Å². The van der Waals surface area contributed by atoms with Crippen molar-refractivity contribution in [1.82, 2.24) is 9.97 Å². The quantitative estimate of drug-likeness (QED) is 0.433. The number of anilines is 2. The van der Waals surface area contributed by atoms with Crippen LogP contribution < -0.4 is 27.2 Å². The zero-order valence-corrected chi connectivity index (χ0v) is 9.80. The fourth-order valence-corrected chi connectivity index (χ4v) is 1.41. The van der Waals surface area contributed by atoms with E-state index in [0.717, 1.165) is 0 Å². The molecule has 0 saturated carbocycles. The molecule has 1 heterocycles. The number of nitro benzene ring substituents is 1. The Bertz CT molecular complexity index is 765. The van der Waals surface area contributed by atoms with Crippen LogP contribution in [0.15, 0.2) is 33.9 Å². The second-order valence-corrected chi connectivity index (χ2v) is 3.67. The first-order valence-electron chi connectivity index (χ1n) is 5.27. The standard InChI is InChI=1S/C10H9N5O5/c16-8-7(9(17)12-10(18)11-8)14-13-5-2-1-3-6(4-5)15(19)20/h1-4,13-14H,(H3,11,12,16,17,18)/p-1. The van der Waals surface area contributed by atoms with E-state index in [1.807, 2.05) is 9.97 Å². The summed E-state index contributed by atoms with van der Waals surface area (Å²) in [5.74, 6) is -0.906. The lowest BCUT2D eigenvalue weighted by Gasteiger charge is -2.14. The van der Waals surface area contributed by atoms with Gasteiger partial charge >= 0.3 is 5.69 Å². The summed E-state index contributed by atoms with van der Waals surface area (Å²) >= 11 is 0. The van der Waals surface area contributed by atoms with Crippen LogP contribution >= 0.6 is 0 Å². The van der Waals surface area contributed by atoms with Crippen LogP contribution in [0.4, 0.5) is 17.1 Å². The fourth-order valence-electron chi connectivity index (χ4n) is 1.41. The van der Waals surface area contributed by atoms with E-state index in [-0.39, 0.29) is 11.4 Å². The third-order valence-electron chi connectivity index (χ3n) is 2.30. The predicted molar refractivity (Wildman–Crippen MR) is 67.5 cm³/mol. The minimum atomic E-state index is -0.916. The summed E-state index contributed by atoms with van der Waals surface area (Å²) in [4.78, 5) is 35.9. The zero-order chi connectivity index (χ0) is 14.7. The number of nitrogens with zero attached hydrogens (tertiary/aromatic N) is 1. The molecule has 0 bridgehead atoms. The molecule has 2 aromatic rings. The molecule has 4 N–H and O–H groups in total. The maximum Gasteiger partial charge on any atom is 0.325 e. The number of aromatic nitrogens is 2. The van der Waals surface area contributed by atoms with Crippen LogP contribution in [-0.4, -0.2) is 14.9 Å². The molecule has 0 spiro atoms. The van der Waals surface area contributed by atoms with Crippen molar-refractivity contribution in [3.8, 4) is 5.88 Å². The molecule has 0 radical (unpaired) electrons. The SMILES string of the molecule is O=c1[nH]c([O-])c(NNc2cccc([N+](=O)[O-])c2)c(=O)[nH]1. The van der Waals surface area contributed by atoms with Gasteiger partial charge in [-0.25, -0.2) is 4.79 Å². The van der Waals surface area contributed by atoms with Gasteiger partial charge in [0.1, 0.15) is 5.69 Å². The van der Waals surface area contributed by atoms with Crippen molar-refractivity contribution >= 4 is 17.1 Å². The third-order valence-corrected chi connectivity index (χ3v) is 2.30. The smallest absolute Gasteiger partial charge is 0.325 e. The van der Waals surface area contributed by atoms with Crippen molar-refractivity contribution in [1.29, 1.82) is 0 Å². The Labute approximate surface area is 110 Å². The Morgan fingerprint density at radius 1 is 1.15 bits per heavy atom. The van der Waals surface area contributed by atoms with Gasteiger partial charge in [0.15, 0.2) is 0 Å². The molecule has 20 heavy (non-hydrogen) atoms. The van der Waals surface area contributed by atoms with E-state index < -0.39 is 27.7 Å². The van der Waals surface area contributed by atoms with E-state index >= 15 is 0 Å². The Balaban J connectivity index is 2.21. The molecular weight excluding hydrogens is 270 g/mol. The van der Waals surface area contributed by atoms with Crippen LogP contribution in [-0.2, 0) is 0 Å². The van der Waals surface area contributed by atoms with Crippen molar-refractivity contribution < 1.29 is 10.0 Å². The number of hydrogen-bond donors (Lipinski definition) is 4. The highest BCUT2D eigenvalue weighted by atomic mass is 16.6. The van der Waals surface area contributed by atoms with Crippen molar-refractivity contribution in [2.75, 3.05) is 10.9 Å². The van der Waals surface area contributed by atoms with Gasteiger partial charge in [0, 0.05) is 12.1 Å². The van der Waals surface area contributed by atoms with Crippen molar-refractivity contribution in [2.45, 2.75) is 0 Å². The molecular formula is C10H8N5O5-. The molecule has 2 rings (SSSR count). The Hall–Kier alpha value is -3.30. The number of non-ortho nitro benzene ring substituents is 1. The first-order valence-corrected chi connectivity index (χ1v) is 5.27. The normalized spacial score (nSPS) is 10.0. The maximum atomic E-state index is 11.4. The van der Waals surface area contributed by atoms with Gasteiger partial charge in [-0.15, -0.1) is 0 Å². The van der Waals surface area contributed by atoms with Crippen LogP contribution in [0, 0.1) is 10.1 Å². The van der Waals surface area contributed by atoms with Crippen LogP contribution in [0.5, 0.6) is 5.88 Å². The largest absolute Gasteiger partial charge is 0.858 e. The summed E-state index contributed by atoms with van der Waals surface area (Å²) in [7, 11) is 0. The van der Waals surface area contributed by atoms with Crippen molar-refractivity contribution in [3.05, 3.63) is 55.2 Å². The van der Waals surface area contributed by atoms with Gasteiger partial charge in [-0.05, 0) is 11.9 Å². The van der Waals surface area contributed by atoms with Gasteiger partial charge in [0.05, 0.1) is 10.6 Å². The average Bonchev–Trinajstić information content (AvgIpc) is 2.37. The van der Waals surface area contributed by atoms with Crippen LogP contribution in [0.25, 0.3) is 0 Å². The molecule has 0 unspecified atom stereocenters. The molecule has 10 heteroatoms. The van der Waals surface area contributed by atoms with E-state index in [2.05, 4.69) is 10.9 Å². The summed E-state index contributed by atoms with van der Waals surface area (Å²) in [6.07, 6.45) is 0. The fraction of sp³-hybridized carbons (Fsp3) is 0.